The molecule has 1 unspecified atom stereocenters. The highest BCUT2D eigenvalue weighted by atomic mass is 79.9. The van der Waals surface area contributed by atoms with Crippen LogP contribution in [0.4, 0.5) is 10.1 Å². The van der Waals surface area contributed by atoms with Gasteiger partial charge in [0.25, 0.3) is 0 Å². The number of rotatable bonds is 4. The van der Waals surface area contributed by atoms with Crippen molar-refractivity contribution in [3.05, 3.63) is 52.3 Å². The first-order chi connectivity index (χ1) is 10.1. The van der Waals surface area contributed by atoms with Crippen LogP contribution < -0.4 is 14.8 Å². The summed E-state index contributed by atoms with van der Waals surface area (Å²) in [4.78, 5) is 0. The molecule has 1 aliphatic rings. The second kappa shape index (κ2) is 5.91. The van der Waals surface area contributed by atoms with Crippen molar-refractivity contribution in [1.29, 1.82) is 0 Å². The molecule has 110 valence electrons. The Bertz CT molecular complexity index is 665. The zero-order chi connectivity index (χ0) is 14.8. The fourth-order valence-electron chi connectivity index (χ4n) is 2.08. The standard InChI is InChI=1S/C15H13BrFNO3/c16-11-6-10(17)2-3-12(11)18-7-13(19)9-1-4-14-15(5-9)21-8-20-14/h1-6,13,18-19H,7-8H2. The quantitative estimate of drug-likeness (QED) is 0.883. The van der Waals surface area contributed by atoms with E-state index in [1.54, 1.807) is 24.3 Å². The van der Waals surface area contributed by atoms with Gasteiger partial charge in [-0.05, 0) is 51.8 Å². The zero-order valence-corrected chi connectivity index (χ0v) is 12.6. The van der Waals surface area contributed by atoms with E-state index in [2.05, 4.69) is 21.2 Å². The van der Waals surface area contributed by atoms with Crippen LogP contribution in [0.3, 0.4) is 0 Å². The third kappa shape index (κ3) is 3.11. The molecule has 0 aromatic heterocycles. The smallest absolute Gasteiger partial charge is 0.231 e. The van der Waals surface area contributed by atoms with Crippen LogP contribution in [0, 0.1) is 5.82 Å². The molecule has 0 spiro atoms. The van der Waals surface area contributed by atoms with E-state index in [0.717, 1.165) is 11.3 Å². The van der Waals surface area contributed by atoms with E-state index in [0.29, 0.717) is 22.5 Å². The molecule has 0 saturated carbocycles. The lowest BCUT2D eigenvalue weighted by Gasteiger charge is -2.14. The van der Waals surface area contributed by atoms with E-state index in [1.165, 1.54) is 12.1 Å². The Labute approximate surface area is 129 Å². The summed E-state index contributed by atoms with van der Waals surface area (Å²) < 4.78 is 24.1. The van der Waals surface area contributed by atoms with E-state index >= 15 is 0 Å². The van der Waals surface area contributed by atoms with Gasteiger partial charge in [0.1, 0.15) is 5.82 Å². The van der Waals surface area contributed by atoms with Gasteiger partial charge in [-0.3, -0.25) is 0 Å². The first kappa shape index (κ1) is 14.2. The minimum atomic E-state index is -0.712. The number of benzene rings is 2. The highest BCUT2D eigenvalue weighted by Gasteiger charge is 2.16. The predicted octanol–water partition coefficient (Wildman–Crippen LogP) is 3.46. The van der Waals surface area contributed by atoms with E-state index in [4.69, 9.17) is 9.47 Å². The molecule has 6 heteroatoms. The molecule has 0 radical (unpaired) electrons. The van der Waals surface area contributed by atoms with Gasteiger partial charge in [0, 0.05) is 16.7 Å². The van der Waals surface area contributed by atoms with Gasteiger partial charge in [0.2, 0.25) is 6.79 Å². The van der Waals surface area contributed by atoms with Crippen LogP contribution in [-0.4, -0.2) is 18.4 Å². The van der Waals surface area contributed by atoms with E-state index in [-0.39, 0.29) is 12.6 Å². The SMILES string of the molecule is OC(CNc1ccc(F)cc1Br)c1ccc2c(c1)OCO2. The second-order valence-electron chi connectivity index (χ2n) is 4.63. The average Bonchev–Trinajstić information content (AvgIpc) is 2.93. The molecule has 4 nitrogen and oxygen atoms in total. The summed E-state index contributed by atoms with van der Waals surface area (Å²) in [7, 11) is 0. The predicted molar refractivity (Wildman–Crippen MR) is 80.1 cm³/mol. The molecule has 1 atom stereocenters. The van der Waals surface area contributed by atoms with Crippen molar-refractivity contribution in [3.63, 3.8) is 0 Å². The topological polar surface area (TPSA) is 50.7 Å². The van der Waals surface area contributed by atoms with Crippen molar-refractivity contribution in [3.8, 4) is 11.5 Å². The third-order valence-electron chi connectivity index (χ3n) is 3.20. The van der Waals surface area contributed by atoms with Crippen LogP contribution in [0.25, 0.3) is 0 Å². The summed E-state index contributed by atoms with van der Waals surface area (Å²) in [6, 6.07) is 9.67. The van der Waals surface area contributed by atoms with Gasteiger partial charge in [-0.2, -0.15) is 0 Å². The van der Waals surface area contributed by atoms with Crippen molar-refractivity contribution in [1.82, 2.24) is 0 Å². The first-order valence-electron chi connectivity index (χ1n) is 6.40. The third-order valence-corrected chi connectivity index (χ3v) is 3.85. The van der Waals surface area contributed by atoms with E-state index in [9.17, 15) is 9.50 Å². The molecule has 3 rings (SSSR count). The van der Waals surface area contributed by atoms with Crippen LogP contribution in [0.2, 0.25) is 0 Å². The van der Waals surface area contributed by atoms with Crippen molar-refractivity contribution in [2.45, 2.75) is 6.10 Å². The fraction of sp³-hybridized carbons (Fsp3) is 0.200. The number of aliphatic hydroxyl groups is 1. The fourth-order valence-corrected chi connectivity index (χ4v) is 2.57. The van der Waals surface area contributed by atoms with Gasteiger partial charge in [0.05, 0.1) is 6.10 Å². The summed E-state index contributed by atoms with van der Waals surface area (Å²) in [5.41, 5.74) is 1.45. The van der Waals surface area contributed by atoms with Crippen LogP contribution in [0.5, 0.6) is 11.5 Å². The first-order valence-corrected chi connectivity index (χ1v) is 7.19. The molecule has 0 amide bonds. The Kier molecular flexibility index (Phi) is 3.98. The highest BCUT2D eigenvalue weighted by molar-refractivity contribution is 9.10. The van der Waals surface area contributed by atoms with Crippen molar-refractivity contribution < 1.29 is 19.0 Å². The number of aliphatic hydroxyl groups excluding tert-OH is 1. The van der Waals surface area contributed by atoms with Gasteiger partial charge in [-0.15, -0.1) is 0 Å². The Balaban J connectivity index is 1.67. The largest absolute Gasteiger partial charge is 0.454 e. The average molecular weight is 354 g/mol. The molecular formula is C15H13BrFNO3. The number of hydrogen-bond acceptors (Lipinski definition) is 4. The van der Waals surface area contributed by atoms with Gasteiger partial charge >= 0.3 is 0 Å². The molecular weight excluding hydrogens is 341 g/mol. The molecule has 1 aliphatic heterocycles. The summed E-state index contributed by atoms with van der Waals surface area (Å²) in [5.74, 6) is 0.999. The number of ether oxygens (including phenoxy) is 2. The monoisotopic (exact) mass is 353 g/mol. The van der Waals surface area contributed by atoms with Crippen LogP contribution >= 0.6 is 15.9 Å². The van der Waals surface area contributed by atoms with E-state index < -0.39 is 6.10 Å². The zero-order valence-electron chi connectivity index (χ0n) is 11.0. The van der Waals surface area contributed by atoms with Crippen molar-refractivity contribution in [2.24, 2.45) is 0 Å². The minimum Gasteiger partial charge on any atom is -0.454 e. The number of fused-ring (bicyclic) bond motifs is 1. The van der Waals surface area contributed by atoms with Crippen LogP contribution in [-0.2, 0) is 0 Å². The molecule has 0 bridgehead atoms. The van der Waals surface area contributed by atoms with E-state index in [1.807, 2.05) is 0 Å². The molecule has 2 N–H and O–H groups in total. The van der Waals surface area contributed by atoms with Crippen molar-refractivity contribution >= 4 is 21.6 Å². The maximum Gasteiger partial charge on any atom is 0.231 e. The van der Waals surface area contributed by atoms with Crippen LogP contribution in [0.15, 0.2) is 40.9 Å². The molecule has 0 fully saturated rings. The van der Waals surface area contributed by atoms with Gasteiger partial charge in [-0.25, -0.2) is 4.39 Å². The van der Waals surface area contributed by atoms with Crippen molar-refractivity contribution in [2.75, 3.05) is 18.7 Å². The molecule has 1 heterocycles. The molecule has 0 aliphatic carbocycles. The van der Waals surface area contributed by atoms with Gasteiger partial charge < -0.3 is 19.9 Å². The van der Waals surface area contributed by atoms with Gasteiger partial charge in [0.15, 0.2) is 11.5 Å². The second-order valence-corrected chi connectivity index (χ2v) is 5.49. The lowest BCUT2D eigenvalue weighted by molar-refractivity contribution is 0.173. The Morgan fingerprint density at radius 1 is 1.19 bits per heavy atom. The highest BCUT2D eigenvalue weighted by Crippen LogP contribution is 2.34. The normalized spacial score (nSPS) is 14.0. The van der Waals surface area contributed by atoms with Crippen LogP contribution in [0.1, 0.15) is 11.7 Å². The summed E-state index contributed by atoms with van der Waals surface area (Å²) in [5, 5.41) is 13.3. The summed E-state index contributed by atoms with van der Waals surface area (Å²) in [6.07, 6.45) is -0.712. The number of halogens is 2. The number of hydrogen-bond donors (Lipinski definition) is 2. The Morgan fingerprint density at radius 2 is 2.00 bits per heavy atom. The maximum absolute atomic E-state index is 13.0. The van der Waals surface area contributed by atoms with Gasteiger partial charge in [-0.1, -0.05) is 6.07 Å². The Morgan fingerprint density at radius 3 is 2.81 bits per heavy atom. The molecule has 21 heavy (non-hydrogen) atoms. The Hall–Kier alpha value is -1.79. The molecule has 0 saturated heterocycles. The molecule has 2 aromatic rings. The maximum atomic E-state index is 13.0. The summed E-state index contributed by atoms with van der Waals surface area (Å²) in [6.45, 7) is 0.500. The number of nitrogens with one attached hydrogen (secondary N) is 1. The molecule has 2 aromatic carbocycles. The summed E-state index contributed by atoms with van der Waals surface area (Å²) >= 11 is 3.27. The minimum absolute atomic E-state index is 0.204. The lowest BCUT2D eigenvalue weighted by Crippen LogP contribution is -2.12. The number of anilines is 1. The lowest BCUT2D eigenvalue weighted by atomic mass is 10.1.